The molecule has 0 aromatic carbocycles. The monoisotopic (exact) mass is 262 g/mol. The van der Waals surface area contributed by atoms with Crippen LogP contribution < -0.4 is 5.32 Å². The standard InChI is InChI=1S/C15H26N4/c1-16-13-11-14-5-2-6-15(12-13)19(14)10-4-9-18-8-3-7-17-18/h3,7-8,13-16H,2,4-6,9-12H2,1H3. The summed E-state index contributed by atoms with van der Waals surface area (Å²) in [5, 5.41) is 7.78. The van der Waals surface area contributed by atoms with Gasteiger partial charge in [0, 0.05) is 43.6 Å². The van der Waals surface area contributed by atoms with E-state index in [9.17, 15) is 0 Å². The number of hydrogen-bond acceptors (Lipinski definition) is 3. The molecule has 0 radical (unpaired) electrons. The Morgan fingerprint density at radius 1 is 1.21 bits per heavy atom. The summed E-state index contributed by atoms with van der Waals surface area (Å²) >= 11 is 0. The highest BCUT2D eigenvalue weighted by Gasteiger charge is 2.37. The molecule has 0 spiro atoms. The van der Waals surface area contributed by atoms with Gasteiger partial charge in [-0.05, 0) is 45.2 Å². The van der Waals surface area contributed by atoms with E-state index >= 15 is 0 Å². The quantitative estimate of drug-likeness (QED) is 0.879. The maximum absolute atomic E-state index is 4.28. The van der Waals surface area contributed by atoms with Gasteiger partial charge in [-0.2, -0.15) is 5.10 Å². The van der Waals surface area contributed by atoms with Crippen molar-refractivity contribution >= 4 is 0 Å². The number of aryl methyl sites for hydroxylation is 1. The lowest BCUT2D eigenvalue weighted by atomic mass is 9.81. The number of piperidine rings is 2. The summed E-state index contributed by atoms with van der Waals surface area (Å²) in [6.45, 7) is 2.30. The summed E-state index contributed by atoms with van der Waals surface area (Å²) in [7, 11) is 2.12. The van der Waals surface area contributed by atoms with Crippen molar-refractivity contribution in [2.45, 2.75) is 63.2 Å². The number of nitrogens with zero attached hydrogens (tertiary/aromatic N) is 3. The van der Waals surface area contributed by atoms with E-state index in [4.69, 9.17) is 0 Å². The topological polar surface area (TPSA) is 33.1 Å². The Balaban J connectivity index is 1.52. The molecule has 0 saturated carbocycles. The first-order chi connectivity index (χ1) is 9.36. The van der Waals surface area contributed by atoms with E-state index in [1.54, 1.807) is 0 Å². The maximum atomic E-state index is 4.28. The molecule has 1 N–H and O–H groups in total. The fraction of sp³-hybridized carbons (Fsp3) is 0.800. The zero-order valence-corrected chi connectivity index (χ0v) is 12.0. The summed E-state index contributed by atoms with van der Waals surface area (Å²) in [5.74, 6) is 0. The van der Waals surface area contributed by atoms with Gasteiger partial charge in [0.15, 0.2) is 0 Å². The summed E-state index contributed by atoms with van der Waals surface area (Å²) in [6.07, 6.45) is 12.1. The van der Waals surface area contributed by atoms with Crippen LogP contribution >= 0.6 is 0 Å². The number of rotatable bonds is 5. The molecule has 2 saturated heterocycles. The SMILES string of the molecule is CNC1CC2CCCC(C1)N2CCCn1cccn1. The molecule has 2 fully saturated rings. The smallest absolute Gasteiger partial charge is 0.0489 e. The number of fused-ring (bicyclic) bond motifs is 2. The van der Waals surface area contributed by atoms with Gasteiger partial charge in [0.1, 0.15) is 0 Å². The molecule has 3 rings (SSSR count). The van der Waals surface area contributed by atoms with Crippen LogP contribution in [0.25, 0.3) is 0 Å². The third-order valence-electron chi connectivity index (χ3n) is 4.90. The van der Waals surface area contributed by atoms with Crippen molar-refractivity contribution in [2.24, 2.45) is 0 Å². The van der Waals surface area contributed by atoms with Crippen LogP contribution in [0.2, 0.25) is 0 Å². The Labute approximate surface area is 116 Å². The largest absolute Gasteiger partial charge is 0.317 e. The summed E-state index contributed by atoms with van der Waals surface area (Å²) < 4.78 is 2.05. The molecular weight excluding hydrogens is 236 g/mol. The second kappa shape index (κ2) is 6.06. The minimum absolute atomic E-state index is 0.748. The van der Waals surface area contributed by atoms with Crippen LogP contribution in [0.1, 0.15) is 38.5 Å². The van der Waals surface area contributed by atoms with Crippen molar-refractivity contribution in [2.75, 3.05) is 13.6 Å². The van der Waals surface area contributed by atoms with Crippen molar-refractivity contribution in [3.63, 3.8) is 0 Å². The molecule has 2 aliphatic rings. The molecule has 3 heterocycles. The molecule has 19 heavy (non-hydrogen) atoms. The van der Waals surface area contributed by atoms with Crippen LogP contribution in [0, 0.1) is 0 Å². The van der Waals surface area contributed by atoms with Crippen molar-refractivity contribution < 1.29 is 0 Å². The van der Waals surface area contributed by atoms with Gasteiger partial charge in [0.05, 0.1) is 0 Å². The number of nitrogens with one attached hydrogen (secondary N) is 1. The molecule has 2 atom stereocenters. The van der Waals surface area contributed by atoms with Gasteiger partial charge < -0.3 is 5.32 Å². The summed E-state index contributed by atoms with van der Waals surface area (Å²) in [4.78, 5) is 2.79. The molecule has 0 amide bonds. The average molecular weight is 262 g/mol. The van der Waals surface area contributed by atoms with Crippen LogP contribution in [0.4, 0.5) is 0 Å². The van der Waals surface area contributed by atoms with Crippen molar-refractivity contribution in [3.05, 3.63) is 18.5 Å². The number of hydrogen-bond donors (Lipinski definition) is 1. The van der Waals surface area contributed by atoms with Gasteiger partial charge >= 0.3 is 0 Å². The highest BCUT2D eigenvalue weighted by Crippen LogP contribution is 2.33. The maximum Gasteiger partial charge on any atom is 0.0489 e. The molecule has 2 unspecified atom stereocenters. The Kier molecular flexibility index (Phi) is 4.18. The van der Waals surface area contributed by atoms with Crippen LogP contribution in [-0.4, -0.2) is 46.4 Å². The predicted molar refractivity (Wildman–Crippen MR) is 77.1 cm³/mol. The molecule has 2 aliphatic heterocycles. The van der Waals surface area contributed by atoms with E-state index in [0.717, 1.165) is 24.7 Å². The molecule has 106 valence electrons. The summed E-state index contributed by atoms with van der Waals surface area (Å²) in [5.41, 5.74) is 0. The minimum Gasteiger partial charge on any atom is -0.317 e. The van der Waals surface area contributed by atoms with Crippen LogP contribution in [-0.2, 0) is 6.54 Å². The fourth-order valence-electron chi connectivity index (χ4n) is 3.93. The molecular formula is C15H26N4. The lowest BCUT2D eigenvalue weighted by Gasteiger charge is -2.49. The van der Waals surface area contributed by atoms with E-state index in [1.807, 2.05) is 12.3 Å². The van der Waals surface area contributed by atoms with Gasteiger partial charge in [-0.1, -0.05) is 6.42 Å². The van der Waals surface area contributed by atoms with E-state index in [0.29, 0.717) is 0 Å². The molecule has 2 bridgehead atoms. The first-order valence-electron chi connectivity index (χ1n) is 7.77. The fourth-order valence-corrected chi connectivity index (χ4v) is 3.93. The average Bonchev–Trinajstić information content (AvgIpc) is 2.91. The molecule has 1 aromatic heterocycles. The lowest BCUT2D eigenvalue weighted by molar-refractivity contribution is 0.0241. The van der Waals surface area contributed by atoms with Gasteiger partial charge in [-0.3, -0.25) is 9.58 Å². The van der Waals surface area contributed by atoms with Gasteiger partial charge in [0.2, 0.25) is 0 Å². The lowest BCUT2D eigenvalue weighted by Crippen LogP contribution is -2.56. The van der Waals surface area contributed by atoms with Crippen molar-refractivity contribution in [1.29, 1.82) is 0 Å². The van der Waals surface area contributed by atoms with Crippen LogP contribution in [0.3, 0.4) is 0 Å². The Morgan fingerprint density at radius 2 is 2.00 bits per heavy atom. The highest BCUT2D eigenvalue weighted by atomic mass is 15.3. The second-order valence-corrected chi connectivity index (χ2v) is 6.06. The molecule has 4 heteroatoms. The Hall–Kier alpha value is -0.870. The summed E-state index contributed by atoms with van der Waals surface area (Å²) in [6, 6.07) is 4.40. The van der Waals surface area contributed by atoms with Crippen molar-refractivity contribution in [1.82, 2.24) is 20.0 Å². The third-order valence-corrected chi connectivity index (χ3v) is 4.90. The minimum atomic E-state index is 0.748. The van der Waals surface area contributed by atoms with Gasteiger partial charge in [-0.15, -0.1) is 0 Å². The zero-order valence-electron chi connectivity index (χ0n) is 12.0. The van der Waals surface area contributed by atoms with Crippen LogP contribution in [0.15, 0.2) is 18.5 Å². The molecule has 1 aromatic rings. The molecule has 0 aliphatic carbocycles. The predicted octanol–water partition coefficient (Wildman–Crippen LogP) is 1.88. The van der Waals surface area contributed by atoms with E-state index in [1.165, 1.54) is 45.1 Å². The van der Waals surface area contributed by atoms with Crippen molar-refractivity contribution in [3.8, 4) is 0 Å². The Morgan fingerprint density at radius 3 is 2.63 bits per heavy atom. The second-order valence-electron chi connectivity index (χ2n) is 6.06. The van der Waals surface area contributed by atoms with E-state index < -0.39 is 0 Å². The Bertz CT molecular complexity index is 362. The highest BCUT2D eigenvalue weighted by molar-refractivity contribution is 4.94. The van der Waals surface area contributed by atoms with Crippen LogP contribution in [0.5, 0.6) is 0 Å². The normalized spacial score (nSPS) is 31.5. The zero-order chi connectivity index (χ0) is 13.1. The molecule has 4 nitrogen and oxygen atoms in total. The first-order valence-corrected chi connectivity index (χ1v) is 7.77. The van der Waals surface area contributed by atoms with E-state index in [-0.39, 0.29) is 0 Å². The number of aromatic nitrogens is 2. The van der Waals surface area contributed by atoms with Gasteiger partial charge in [0.25, 0.3) is 0 Å². The first kappa shape index (κ1) is 13.1. The third kappa shape index (κ3) is 3.00. The van der Waals surface area contributed by atoms with Gasteiger partial charge in [-0.25, -0.2) is 0 Å². The van der Waals surface area contributed by atoms with E-state index in [2.05, 4.69) is 33.2 Å².